The molecule has 0 aliphatic carbocycles. The molecular weight excluding hydrogens is 643 g/mol. The lowest BCUT2D eigenvalue weighted by molar-refractivity contribution is -0.143. The summed E-state index contributed by atoms with van der Waals surface area (Å²) in [5.74, 6) is -1.44. The van der Waals surface area contributed by atoms with Crippen molar-refractivity contribution in [2.75, 3.05) is 33.3 Å². The molecule has 4 amide bonds. The van der Waals surface area contributed by atoms with Crippen LogP contribution in [-0.2, 0) is 24.0 Å². The molecule has 278 valence electrons. The summed E-state index contributed by atoms with van der Waals surface area (Å²) < 4.78 is 1.78. The van der Waals surface area contributed by atoms with Gasteiger partial charge in [-0.25, -0.2) is 0 Å². The normalized spacial score (nSPS) is 16.7. The van der Waals surface area contributed by atoms with Gasteiger partial charge in [-0.1, -0.05) is 104 Å². The second-order valence-electron chi connectivity index (χ2n) is 11.5. The highest BCUT2D eigenvalue weighted by Crippen LogP contribution is 2.20. The molecule has 1 aromatic heterocycles. The van der Waals surface area contributed by atoms with Gasteiger partial charge in [-0.15, -0.1) is 0 Å². The van der Waals surface area contributed by atoms with Crippen LogP contribution in [0.25, 0.3) is 10.9 Å². The zero-order valence-electron chi connectivity index (χ0n) is 31.3. The first kappa shape index (κ1) is 45.5. The second-order valence-corrected chi connectivity index (χ2v) is 12.6. The first-order valence-electron chi connectivity index (χ1n) is 18.0. The van der Waals surface area contributed by atoms with Gasteiger partial charge in [-0.3, -0.25) is 24.0 Å². The van der Waals surface area contributed by atoms with Crippen LogP contribution in [-0.4, -0.2) is 83.5 Å². The van der Waals surface area contributed by atoms with Crippen molar-refractivity contribution in [1.82, 2.24) is 25.6 Å². The van der Waals surface area contributed by atoms with E-state index in [2.05, 4.69) is 56.6 Å². The number of amides is 4. The van der Waals surface area contributed by atoms with Gasteiger partial charge < -0.3 is 25.7 Å². The van der Waals surface area contributed by atoms with Crippen molar-refractivity contribution < 1.29 is 28.8 Å². The lowest BCUT2D eigenvalue weighted by atomic mass is 10.0. The number of benzene rings is 1. The van der Waals surface area contributed by atoms with E-state index >= 15 is 0 Å². The molecule has 4 rings (SSSR count). The average Bonchev–Trinajstić information content (AvgIpc) is 3.47. The number of nitrogens with zero attached hydrogens (tertiary/aromatic N) is 2. The number of unbranched alkanes of at least 4 members (excludes halogenated alkanes) is 3. The van der Waals surface area contributed by atoms with Crippen LogP contribution < -0.4 is 20.8 Å². The number of hydrogen-bond donors (Lipinski definition) is 3. The highest BCUT2D eigenvalue weighted by atomic mass is 32.2. The molecule has 2 unspecified atom stereocenters. The molecule has 0 spiro atoms. The monoisotopic (exact) mass is 705 g/mol. The van der Waals surface area contributed by atoms with E-state index in [-0.39, 0.29) is 31.4 Å². The van der Waals surface area contributed by atoms with Crippen LogP contribution in [0.1, 0.15) is 111 Å². The Labute approximate surface area is 299 Å². The van der Waals surface area contributed by atoms with E-state index in [1.54, 1.807) is 11.8 Å². The number of fused-ring (bicyclic) bond motifs is 2. The maximum Gasteiger partial charge on any atom is 0.243 e. The topological polar surface area (TPSA) is 139 Å². The zero-order chi connectivity index (χ0) is 37.0. The van der Waals surface area contributed by atoms with Gasteiger partial charge in [0, 0.05) is 23.4 Å². The number of piperidine rings is 1. The average molecular weight is 706 g/mol. The van der Waals surface area contributed by atoms with Crippen LogP contribution >= 0.6 is 11.8 Å². The number of nitrogens with one attached hydrogen (secondary N) is 3. The molecule has 49 heavy (non-hydrogen) atoms. The van der Waals surface area contributed by atoms with Crippen LogP contribution in [0, 0.1) is 6.92 Å². The zero-order valence-corrected chi connectivity index (χ0v) is 32.1. The van der Waals surface area contributed by atoms with Crippen molar-refractivity contribution >= 4 is 51.9 Å². The van der Waals surface area contributed by atoms with Gasteiger partial charge in [0.1, 0.15) is 13.2 Å². The fourth-order valence-corrected chi connectivity index (χ4v) is 5.55. The smallest absolute Gasteiger partial charge is 0.243 e. The van der Waals surface area contributed by atoms with Crippen molar-refractivity contribution in [3.8, 4) is 0 Å². The molecule has 11 nitrogen and oxygen atoms in total. The minimum atomic E-state index is -0.555. The predicted molar refractivity (Wildman–Crippen MR) is 202 cm³/mol. The van der Waals surface area contributed by atoms with E-state index < -0.39 is 17.9 Å². The van der Waals surface area contributed by atoms with Gasteiger partial charge in [-0.2, -0.15) is 4.73 Å². The molecule has 2 saturated heterocycles. The number of aromatic nitrogens is 1. The molecule has 2 aliphatic heterocycles. The summed E-state index contributed by atoms with van der Waals surface area (Å²) in [6, 6.07) is 7.64. The van der Waals surface area contributed by atoms with Crippen LogP contribution in [0.15, 0.2) is 30.5 Å². The van der Waals surface area contributed by atoms with Gasteiger partial charge in [0.25, 0.3) is 0 Å². The Morgan fingerprint density at radius 1 is 0.898 bits per heavy atom. The van der Waals surface area contributed by atoms with Gasteiger partial charge in [0.15, 0.2) is 5.62 Å². The lowest BCUT2D eigenvalue weighted by Crippen LogP contribution is -2.56. The molecule has 0 saturated carbocycles. The Bertz CT molecular complexity index is 1200. The van der Waals surface area contributed by atoms with E-state index in [1.165, 1.54) is 66.1 Å². The first-order chi connectivity index (χ1) is 23.7. The van der Waals surface area contributed by atoms with Crippen LogP contribution in [0.5, 0.6) is 0 Å². The van der Waals surface area contributed by atoms with E-state index in [9.17, 15) is 24.0 Å². The highest BCUT2D eigenvalue weighted by molar-refractivity contribution is 8.12. The molecule has 3 heterocycles. The number of para-hydroxylation sites is 1. The standard InChI is InChI=1S/C12H18N4O4.C10H11NO.C9H18OS.C4H10.C2H6/c17-9-5-13-10(18)6-15-12(20)8-3-1-2-4-16(8)11(19)7-14-9;1-8-7-11(12-2)10-6-4-3-5-9(8)10;1-3-5-6-7-9(4-2)11-8-10;1-3-4-2;1-2/h8H,1-7H2,(H,13,18)(H,14,17)(H,15,20);3-7H,1-2H3;8-9H,3-7H2,1-2H3;3-4H2,1-2H3;1-2H3. The summed E-state index contributed by atoms with van der Waals surface area (Å²) in [6.45, 7) is 14.7. The van der Waals surface area contributed by atoms with E-state index in [0.29, 0.717) is 18.2 Å². The quantitative estimate of drug-likeness (QED) is 0.220. The molecular formula is C37H63N5O6S. The third-order valence-electron chi connectivity index (χ3n) is 7.84. The van der Waals surface area contributed by atoms with E-state index in [4.69, 9.17) is 4.84 Å². The number of aryl methyl sites for hydroxylation is 1. The van der Waals surface area contributed by atoms with Crippen molar-refractivity contribution in [1.29, 1.82) is 0 Å². The van der Waals surface area contributed by atoms with E-state index in [1.807, 2.05) is 38.2 Å². The van der Waals surface area contributed by atoms with Crippen molar-refractivity contribution in [3.63, 3.8) is 0 Å². The minimum Gasteiger partial charge on any atom is -0.417 e. The van der Waals surface area contributed by atoms with E-state index in [0.717, 1.165) is 30.4 Å². The summed E-state index contributed by atoms with van der Waals surface area (Å²) >= 11 is 1.45. The molecule has 3 N–H and O–H groups in total. The molecule has 0 bridgehead atoms. The minimum absolute atomic E-state index is 0.154. The fraction of sp³-hybridized carbons (Fsp3) is 0.649. The summed E-state index contributed by atoms with van der Waals surface area (Å²) in [6.07, 6.45) is 13.1. The predicted octanol–water partition coefficient (Wildman–Crippen LogP) is 5.84. The number of carbonyl (C=O) groups excluding carboxylic acids is 5. The van der Waals surface area contributed by atoms with Crippen LogP contribution in [0.2, 0.25) is 0 Å². The molecule has 2 atom stereocenters. The molecule has 0 radical (unpaired) electrons. The summed E-state index contributed by atoms with van der Waals surface area (Å²) in [7, 11) is 1.67. The number of hydrogen-bond acceptors (Lipinski definition) is 7. The molecule has 2 aromatic rings. The Balaban J connectivity index is 0.000000685. The summed E-state index contributed by atoms with van der Waals surface area (Å²) in [5, 5.41) is 9.14. The van der Waals surface area contributed by atoms with Crippen molar-refractivity contribution in [2.45, 2.75) is 124 Å². The summed E-state index contributed by atoms with van der Waals surface area (Å²) in [4.78, 5) is 63.8. The summed E-state index contributed by atoms with van der Waals surface area (Å²) in [5.41, 5.74) is 3.34. The first-order valence-corrected chi connectivity index (χ1v) is 18.9. The molecule has 12 heteroatoms. The molecule has 2 fully saturated rings. The van der Waals surface area contributed by atoms with Gasteiger partial charge in [-0.05, 0) is 50.7 Å². The van der Waals surface area contributed by atoms with Crippen molar-refractivity contribution in [3.05, 3.63) is 36.0 Å². The Morgan fingerprint density at radius 3 is 2.12 bits per heavy atom. The van der Waals surface area contributed by atoms with Crippen molar-refractivity contribution in [2.24, 2.45) is 0 Å². The largest absolute Gasteiger partial charge is 0.417 e. The van der Waals surface area contributed by atoms with Crippen LogP contribution in [0.3, 0.4) is 0 Å². The number of carbonyl (C=O) groups is 5. The Morgan fingerprint density at radius 2 is 1.53 bits per heavy atom. The molecule has 1 aromatic carbocycles. The highest BCUT2D eigenvalue weighted by Gasteiger charge is 2.32. The third kappa shape index (κ3) is 18.1. The third-order valence-corrected chi connectivity index (χ3v) is 8.90. The fourth-order valence-electron chi connectivity index (χ4n) is 4.90. The maximum atomic E-state index is 12.1. The van der Waals surface area contributed by atoms with Gasteiger partial charge >= 0.3 is 0 Å². The van der Waals surface area contributed by atoms with Crippen LogP contribution in [0.4, 0.5) is 0 Å². The number of rotatable bonds is 9. The SMILES string of the molecule is CC.CCCC.CCCCCC(CC)SC=O.COn1cc(C)c2ccccc21.O=C1CNC(=O)CNC(=O)C2CCCCN2C(=O)CN1. The van der Waals surface area contributed by atoms with Gasteiger partial charge in [0.2, 0.25) is 23.6 Å². The second kappa shape index (κ2) is 28.3. The number of thioether (sulfide) groups is 1. The maximum absolute atomic E-state index is 12.1. The Kier molecular flexibility index (Phi) is 26.3. The Hall–Kier alpha value is -3.54. The molecule has 2 aliphatic rings. The lowest BCUT2D eigenvalue weighted by Gasteiger charge is -2.35. The van der Waals surface area contributed by atoms with Gasteiger partial charge in [0.05, 0.1) is 25.2 Å².